The van der Waals surface area contributed by atoms with Crippen LogP contribution in [0.15, 0.2) is 39.2 Å². The van der Waals surface area contributed by atoms with Gasteiger partial charge in [-0.25, -0.2) is 4.79 Å². The van der Waals surface area contributed by atoms with Gasteiger partial charge in [-0.3, -0.25) is 10.1 Å². The Balaban J connectivity index is 1.65. The molecule has 2 N–H and O–H groups in total. The summed E-state index contributed by atoms with van der Waals surface area (Å²) in [5.74, 6) is -0.0467. The molecule has 0 bridgehead atoms. The van der Waals surface area contributed by atoms with Crippen molar-refractivity contribution in [2.24, 2.45) is 0 Å². The van der Waals surface area contributed by atoms with Crippen LogP contribution in [0, 0.1) is 0 Å². The van der Waals surface area contributed by atoms with E-state index in [1.807, 2.05) is 35.0 Å². The summed E-state index contributed by atoms with van der Waals surface area (Å²) in [6.07, 6.45) is 0. The Bertz CT molecular complexity index is 475. The third-order valence-electron chi connectivity index (χ3n) is 2.10. The molecule has 0 spiro atoms. The van der Waals surface area contributed by atoms with E-state index in [0.717, 1.165) is 9.09 Å². The number of hydrogen-bond acceptors (Lipinski definition) is 5. The zero-order valence-electron chi connectivity index (χ0n) is 9.92. The van der Waals surface area contributed by atoms with Gasteiger partial charge in [-0.1, -0.05) is 12.1 Å². The quantitative estimate of drug-likeness (QED) is 0.835. The van der Waals surface area contributed by atoms with Crippen LogP contribution < -0.4 is 10.6 Å². The van der Waals surface area contributed by atoms with Crippen LogP contribution in [0.5, 0.6) is 0 Å². The number of nitrogens with one attached hydrogen (secondary N) is 2. The van der Waals surface area contributed by atoms with Gasteiger partial charge in [0.2, 0.25) is 5.91 Å². The van der Waals surface area contributed by atoms with Crippen LogP contribution in [-0.4, -0.2) is 17.7 Å². The van der Waals surface area contributed by atoms with Gasteiger partial charge in [-0.15, -0.1) is 34.4 Å². The topological polar surface area (TPSA) is 58.2 Å². The normalized spacial score (nSPS) is 10.1. The van der Waals surface area contributed by atoms with Gasteiger partial charge in [0.15, 0.2) is 0 Å². The molecule has 0 saturated heterocycles. The molecule has 0 fully saturated rings. The maximum absolute atomic E-state index is 11.5. The van der Waals surface area contributed by atoms with Crippen LogP contribution in [0.1, 0.15) is 4.88 Å². The molecular formula is C12H12N2O2S3. The molecule has 2 aromatic rings. The number of carbonyl (C=O) groups is 2. The SMILES string of the molecule is O=C(CSc1cccs1)NC(=O)NCc1cccs1. The highest BCUT2D eigenvalue weighted by Gasteiger charge is 2.08. The Kier molecular flexibility index (Phi) is 5.44. The minimum atomic E-state index is -0.454. The molecule has 2 aromatic heterocycles. The van der Waals surface area contributed by atoms with Gasteiger partial charge < -0.3 is 5.32 Å². The highest BCUT2D eigenvalue weighted by Crippen LogP contribution is 2.22. The van der Waals surface area contributed by atoms with Crippen molar-refractivity contribution in [1.82, 2.24) is 10.6 Å². The third-order valence-corrected chi connectivity index (χ3v) is 5.10. The van der Waals surface area contributed by atoms with Crippen LogP contribution in [0.2, 0.25) is 0 Å². The molecule has 7 heteroatoms. The zero-order chi connectivity index (χ0) is 13.5. The first-order valence-corrected chi connectivity index (χ1v) is 8.25. The summed E-state index contributed by atoms with van der Waals surface area (Å²) in [5, 5.41) is 8.84. The van der Waals surface area contributed by atoms with Crippen LogP contribution in [0.3, 0.4) is 0 Å². The van der Waals surface area contributed by atoms with Gasteiger partial charge in [0.25, 0.3) is 0 Å². The fraction of sp³-hybridized carbons (Fsp3) is 0.167. The fourth-order valence-corrected chi connectivity index (χ4v) is 3.50. The second-order valence-corrected chi connectivity index (χ2v) is 6.79. The predicted molar refractivity (Wildman–Crippen MR) is 79.7 cm³/mol. The Morgan fingerprint density at radius 1 is 1.16 bits per heavy atom. The summed E-state index contributed by atoms with van der Waals surface area (Å²) in [6.45, 7) is 0.439. The lowest BCUT2D eigenvalue weighted by atomic mass is 10.5. The summed E-state index contributed by atoms with van der Waals surface area (Å²) in [4.78, 5) is 24.0. The molecule has 0 aliphatic heterocycles. The van der Waals surface area contributed by atoms with Crippen molar-refractivity contribution >= 4 is 46.4 Å². The van der Waals surface area contributed by atoms with Crippen LogP contribution >= 0.6 is 34.4 Å². The van der Waals surface area contributed by atoms with E-state index in [2.05, 4.69) is 10.6 Å². The average molecular weight is 312 g/mol. The van der Waals surface area contributed by atoms with Crippen molar-refractivity contribution < 1.29 is 9.59 Å². The second-order valence-electron chi connectivity index (χ2n) is 3.53. The number of carbonyl (C=O) groups excluding carboxylic acids is 2. The number of rotatable bonds is 5. The van der Waals surface area contributed by atoms with E-state index in [-0.39, 0.29) is 11.7 Å². The molecule has 19 heavy (non-hydrogen) atoms. The van der Waals surface area contributed by atoms with Crippen molar-refractivity contribution in [1.29, 1.82) is 0 Å². The van der Waals surface area contributed by atoms with E-state index in [1.54, 1.807) is 22.7 Å². The lowest BCUT2D eigenvalue weighted by Crippen LogP contribution is -2.39. The smallest absolute Gasteiger partial charge is 0.321 e. The molecule has 2 heterocycles. The maximum Gasteiger partial charge on any atom is 0.321 e. The predicted octanol–water partition coefficient (Wildman–Crippen LogP) is 2.93. The summed E-state index contributed by atoms with van der Waals surface area (Å²) in [7, 11) is 0. The zero-order valence-corrected chi connectivity index (χ0v) is 12.4. The molecule has 0 aliphatic rings. The highest BCUT2D eigenvalue weighted by atomic mass is 32.2. The average Bonchev–Trinajstić information content (AvgIpc) is 3.07. The number of imide groups is 1. The van der Waals surface area contributed by atoms with Crippen LogP contribution in [0.25, 0.3) is 0 Å². The molecule has 0 aliphatic carbocycles. The maximum atomic E-state index is 11.5. The lowest BCUT2D eigenvalue weighted by Gasteiger charge is -2.05. The summed E-state index contributed by atoms with van der Waals surface area (Å²) in [5.41, 5.74) is 0. The molecule has 3 amide bonds. The van der Waals surface area contributed by atoms with E-state index >= 15 is 0 Å². The Hall–Kier alpha value is -1.31. The Morgan fingerprint density at radius 2 is 1.95 bits per heavy atom. The van der Waals surface area contributed by atoms with E-state index in [4.69, 9.17) is 0 Å². The summed E-state index contributed by atoms with van der Waals surface area (Å²) in [6, 6.07) is 7.27. The fourth-order valence-electron chi connectivity index (χ4n) is 1.27. The van der Waals surface area contributed by atoms with Crippen molar-refractivity contribution in [3.05, 3.63) is 39.9 Å². The molecule has 0 aromatic carbocycles. The first-order valence-electron chi connectivity index (χ1n) is 5.50. The van der Waals surface area contributed by atoms with Gasteiger partial charge in [0, 0.05) is 4.88 Å². The molecule has 0 unspecified atom stereocenters. The minimum absolute atomic E-state index is 0.243. The Labute approximate surface area is 123 Å². The molecule has 4 nitrogen and oxygen atoms in total. The number of urea groups is 1. The van der Waals surface area contributed by atoms with E-state index in [0.29, 0.717) is 6.54 Å². The van der Waals surface area contributed by atoms with E-state index in [9.17, 15) is 9.59 Å². The Morgan fingerprint density at radius 3 is 2.63 bits per heavy atom. The monoisotopic (exact) mass is 312 g/mol. The summed E-state index contributed by atoms with van der Waals surface area (Å²) < 4.78 is 1.06. The first-order chi connectivity index (χ1) is 9.24. The van der Waals surface area contributed by atoms with E-state index in [1.165, 1.54) is 11.8 Å². The minimum Gasteiger partial charge on any atom is -0.333 e. The number of thioether (sulfide) groups is 1. The number of amides is 3. The lowest BCUT2D eigenvalue weighted by molar-refractivity contribution is -0.117. The molecular weight excluding hydrogens is 300 g/mol. The number of thiophene rings is 2. The van der Waals surface area contributed by atoms with Crippen LogP contribution in [0.4, 0.5) is 4.79 Å². The van der Waals surface area contributed by atoms with Gasteiger partial charge >= 0.3 is 6.03 Å². The summed E-state index contributed by atoms with van der Waals surface area (Å²) >= 11 is 4.56. The standard InChI is InChI=1S/C12H12N2O2S3/c15-10(8-19-11-4-2-6-18-11)14-12(16)13-7-9-3-1-5-17-9/h1-6H,7-8H2,(H2,13,14,15,16). The van der Waals surface area contributed by atoms with Gasteiger partial charge in [0.05, 0.1) is 16.5 Å². The molecule has 100 valence electrons. The van der Waals surface area contributed by atoms with Crippen molar-refractivity contribution in [2.45, 2.75) is 10.8 Å². The molecule has 2 rings (SSSR count). The van der Waals surface area contributed by atoms with Crippen molar-refractivity contribution in [3.63, 3.8) is 0 Å². The van der Waals surface area contributed by atoms with Gasteiger partial charge in [-0.05, 0) is 22.9 Å². The third kappa shape index (κ3) is 5.06. The van der Waals surface area contributed by atoms with E-state index < -0.39 is 6.03 Å². The van der Waals surface area contributed by atoms with Crippen LogP contribution in [-0.2, 0) is 11.3 Å². The number of hydrogen-bond donors (Lipinski definition) is 2. The van der Waals surface area contributed by atoms with Crippen molar-refractivity contribution in [3.8, 4) is 0 Å². The second kappa shape index (κ2) is 7.32. The highest BCUT2D eigenvalue weighted by molar-refractivity contribution is 8.01. The first kappa shape index (κ1) is 14.1. The van der Waals surface area contributed by atoms with Crippen molar-refractivity contribution in [2.75, 3.05) is 5.75 Å². The van der Waals surface area contributed by atoms with Gasteiger partial charge in [0.1, 0.15) is 0 Å². The van der Waals surface area contributed by atoms with Gasteiger partial charge in [-0.2, -0.15) is 0 Å². The molecule has 0 saturated carbocycles. The largest absolute Gasteiger partial charge is 0.333 e. The molecule has 0 atom stereocenters. The molecule has 0 radical (unpaired) electrons.